The molecule has 1 fully saturated rings. The summed E-state index contributed by atoms with van der Waals surface area (Å²) in [4.78, 5) is 42.5. The van der Waals surface area contributed by atoms with Crippen LogP contribution in [0.2, 0.25) is 5.02 Å². The monoisotopic (exact) mass is 889 g/mol. The first-order chi connectivity index (χ1) is 30.0. The van der Waals surface area contributed by atoms with Crippen LogP contribution in [0.4, 0.5) is 18.9 Å². The molecule has 1 spiro atoms. The molecule has 63 heavy (non-hydrogen) atoms. The van der Waals surface area contributed by atoms with Crippen LogP contribution in [-0.4, -0.2) is 57.8 Å². The van der Waals surface area contributed by atoms with Crippen molar-refractivity contribution in [3.63, 3.8) is 0 Å². The second-order valence-corrected chi connectivity index (χ2v) is 18.3. The van der Waals surface area contributed by atoms with E-state index in [1.165, 1.54) is 23.3 Å². The third kappa shape index (κ3) is 10.6. The number of ether oxygens (including phenoxy) is 2. The Morgan fingerprint density at radius 2 is 1.76 bits per heavy atom. The number of aryl methyl sites for hydroxylation is 1. The third-order valence-electron chi connectivity index (χ3n) is 13.4. The maximum Gasteiger partial charge on any atom is 0.416 e. The van der Waals surface area contributed by atoms with Crippen LogP contribution in [0.25, 0.3) is 0 Å². The van der Waals surface area contributed by atoms with E-state index < -0.39 is 41.2 Å². The molecule has 0 bridgehead atoms. The van der Waals surface area contributed by atoms with Gasteiger partial charge in [-0.25, -0.2) is 9.59 Å². The number of carbonyl (C=O) groups excluding carboxylic acids is 1. The Hall–Kier alpha value is -5.30. The number of anilines is 1. The summed E-state index contributed by atoms with van der Waals surface area (Å²) in [7, 11) is 0. The molecule has 3 aromatic carbocycles. The molecule has 1 heterocycles. The predicted octanol–water partition coefficient (Wildman–Crippen LogP) is 10.2. The number of halogens is 4. The Balaban J connectivity index is 1.03. The number of fused-ring (bicyclic) bond motifs is 3. The van der Waals surface area contributed by atoms with E-state index in [4.69, 9.17) is 21.1 Å². The van der Waals surface area contributed by atoms with Crippen molar-refractivity contribution in [2.45, 2.75) is 120 Å². The van der Waals surface area contributed by atoms with Crippen LogP contribution >= 0.6 is 11.6 Å². The molecule has 0 aliphatic heterocycles. The molecule has 1 amide bonds. The Kier molecular flexibility index (Phi) is 13.9. The number of hydrogen-bond donors (Lipinski definition) is 4. The van der Waals surface area contributed by atoms with Gasteiger partial charge in [0.15, 0.2) is 0 Å². The molecule has 4 aromatic rings. The highest BCUT2D eigenvalue weighted by atomic mass is 35.5. The van der Waals surface area contributed by atoms with E-state index >= 15 is 0 Å². The average molecular weight is 890 g/mol. The number of benzene rings is 3. The van der Waals surface area contributed by atoms with Crippen molar-refractivity contribution < 1.29 is 47.2 Å². The number of carboxylic acids is 2. The van der Waals surface area contributed by atoms with Crippen molar-refractivity contribution in [1.82, 2.24) is 10.3 Å². The number of carbonyl (C=O) groups is 3. The van der Waals surface area contributed by atoms with Crippen molar-refractivity contribution in [2.24, 2.45) is 11.8 Å². The lowest BCUT2D eigenvalue weighted by atomic mass is 9.59. The summed E-state index contributed by atoms with van der Waals surface area (Å²) < 4.78 is 52.4. The molecule has 10 nitrogen and oxygen atoms in total. The fourth-order valence-electron chi connectivity index (χ4n) is 10.2. The van der Waals surface area contributed by atoms with Gasteiger partial charge in [0.25, 0.3) is 0 Å². The molecular weight excluding hydrogens is 835 g/mol. The Bertz CT molecular complexity index is 2300. The van der Waals surface area contributed by atoms with Gasteiger partial charge < -0.3 is 30.3 Å². The topological polar surface area (TPSA) is 147 Å². The van der Waals surface area contributed by atoms with Gasteiger partial charge in [-0.1, -0.05) is 55.8 Å². The minimum atomic E-state index is -4.58. The molecule has 1 saturated carbocycles. The summed E-state index contributed by atoms with van der Waals surface area (Å²) in [5.41, 5.74) is 3.08. The van der Waals surface area contributed by atoms with E-state index in [2.05, 4.69) is 41.6 Å². The van der Waals surface area contributed by atoms with Gasteiger partial charge >= 0.3 is 18.1 Å². The molecule has 1 unspecified atom stereocenters. The molecule has 7 rings (SSSR count). The molecule has 0 saturated heterocycles. The van der Waals surface area contributed by atoms with Crippen LogP contribution in [0.1, 0.15) is 111 Å². The van der Waals surface area contributed by atoms with Crippen LogP contribution in [0.5, 0.6) is 11.5 Å². The van der Waals surface area contributed by atoms with E-state index in [-0.39, 0.29) is 48.7 Å². The molecule has 3 aliphatic rings. The van der Waals surface area contributed by atoms with Crippen molar-refractivity contribution in [3.8, 4) is 11.5 Å². The third-order valence-corrected chi connectivity index (χ3v) is 13.6. The van der Waals surface area contributed by atoms with Crippen LogP contribution < -0.4 is 20.1 Å². The number of alkyl halides is 3. The van der Waals surface area contributed by atoms with E-state index in [0.29, 0.717) is 54.7 Å². The fourth-order valence-corrected chi connectivity index (χ4v) is 10.4. The lowest BCUT2D eigenvalue weighted by Crippen LogP contribution is -2.53. The Morgan fingerprint density at radius 1 is 0.984 bits per heavy atom. The smallest absolute Gasteiger partial charge is 0.416 e. The molecule has 3 aliphatic carbocycles. The number of hydrogen-bond acceptors (Lipinski definition) is 7. The van der Waals surface area contributed by atoms with Gasteiger partial charge in [0.1, 0.15) is 23.1 Å². The highest BCUT2D eigenvalue weighted by molar-refractivity contribution is 6.30. The number of aromatic nitrogens is 1. The molecule has 4 atom stereocenters. The summed E-state index contributed by atoms with van der Waals surface area (Å²) in [6.07, 6.45) is 4.10. The largest absolute Gasteiger partial charge is 0.494 e. The van der Waals surface area contributed by atoms with E-state index in [1.807, 2.05) is 24.4 Å². The predicted molar refractivity (Wildman–Crippen MR) is 234 cm³/mol. The van der Waals surface area contributed by atoms with Gasteiger partial charge in [0.2, 0.25) is 5.91 Å². The van der Waals surface area contributed by atoms with Gasteiger partial charge in [-0.2, -0.15) is 13.2 Å². The second kappa shape index (κ2) is 19.2. The molecular formula is C49H55ClF3N3O7. The van der Waals surface area contributed by atoms with Gasteiger partial charge in [-0.05, 0) is 147 Å². The van der Waals surface area contributed by atoms with Crippen LogP contribution in [0.3, 0.4) is 0 Å². The standard InChI is InChI=1S/C49H55ClF3N3O7/c1-30(29-63-42-16-21-54-40-12-3-7-31(2)44(40)42)23-35-26-33-14-15-38(28-39(33)47(35)17-19-48(20-18-47,46(60)61)56-37-11-5-10-36(50)27-37)62-22-6-13-43(57)55-41(45(58)59)25-32-8-4-9-34(24-32)49(51,52)53/h4-5,8-11,14-16,21,24,27-28,30-31,35,41,56H,3,6-7,12-13,17-20,22-23,25-26,29H2,1-2H3,(H,55,57)(H,58,59)(H,60,61)/t30-,31-,35?,41-,47?,48?/m1/s1. The SMILES string of the molecule is C[C@@H](COc1ccnc2c1[C@H](C)CCC2)CC1Cc2ccc(OCCCC(=O)N[C@H](Cc3cccc(C(F)(F)F)c3)C(=O)O)cc2C12CCC(Nc1cccc(Cl)c1)(C(=O)O)CC2. The number of nitrogens with zero attached hydrogens (tertiary/aromatic N) is 1. The number of amides is 1. The second-order valence-electron chi connectivity index (χ2n) is 17.8. The number of pyridine rings is 1. The maximum atomic E-state index is 13.2. The van der Waals surface area contributed by atoms with E-state index in [0.717, 1.165) is 61.2 Å². The van der Waals surface area contributed by atoms with Crippen molar-refractivity contribution in [1.29, 1.82) is 0 Å². The summed E-state index contributed by atoms with van der Waals surface area (Å²) >= 11 is 6.28. The summed E-state index contributed by atoms with van der Waals surface area (Å²) in [6, 6.07) is 18.1. The van der Waals surface area contributed by atoms with E-state index in [9.17, 15) is 37.8 Å². The molecule has 1 aromatic heterocycles. The van der Waals surface area contributed by atoms with E-state index in [1.54, 1.807) is 18.2 Å². The summed E-state index contributed by atoms with van der Waals surface area (Å²) in [5.74, 6) is -0.483. The quantitative estimate of drug-likeness (QED) is 0.0761. The van der Waals surface area contributed by atoms with Gasteiger partial charge in [-0.15, -0.1) is 0 Å². The first kappa shape index (κ1) is 45.7. The maximum absolute atomic E-state index is 13.2. The zero-order chi connectivity index (χ0) is 44.9. The molecule has 0 radical (unpaired) electrons. The normalized spacial score (nSPS) is 22.6. The van der Waals surface area contributed by atoms with Crippen LogP contribution in [-0.2, 0) is 45.2 Å². The number of aliphatic carboxylic acids is 2. The first-order valence-electron chi connectivity index (χ1n) is 21.9. The van der Waals surface area contributed by atoms with Crippen molar-refractivity contribution >= 4 is 35.1 Å². The van der Waals surface area contributed by atoms with Gasteiger partial charge in [-0.3, -0.25) is 9.78 Å². The minimum absolute atomic E-state index is 0.0542. The van der Waals surface area contributed by atoms with Crippen LogP contribution in [0.15, 0.2) is 79.0 Å². The van der Waals surface area contributed by atoms with Gasteiger partial charge in [0.05, 0.1) is 18.8 Å². The zero-order valence-corrected chi connectivity index (χ0v) is 36.4. The lowest BCUT2D eigenvalue weighted by Gasteiger charge is -2.47. The lowest BCUT2D eigenvalue weighted by molar-refractivity contribution is -0.144. The molecule has 14 heteroatoms. The molecule has 336 valence electrons. The summed E-state index contributed by atoms with van der Waals surface area (Å²) in [6.45, 7) is 5.15. The van der Waals surface area contributed by atoms with Crippen molar-refractivity contribution in [3.05, 3.63) is 118 Å². The highest BCUT2D eigenvalue weighted by Gasteiger charge is 2.54. The van der Waals surface area contributed by atoms with Crippen LogP contribution in [0, 0.1) is 11.8 Å². The summed E-state index contributed by atoms with van der Waals surface area (Å²) in [5, 5.41) is 26.7. The fraction of sp³-hybridized carbons (Fsp3) is 0.469. The highest BCUT2D eigenvalue weighted by Crippen LogP contribution is 2.57. The zero-order valence-electron chi connectivity index (χ0n) is 35.6. The van der Waals surface area contributed by atoms with Crippen molar-refractivity contribution in [2.75, 3.05) is 18.5 Å². The first-order valence-corrected chi connectivity index (χ1v) is 22.3. The van der Waals surface area contributed by atoms with Gasteiger partial charge in [0, 0.05) is 41.0 Å². The Morgan fingerprint density at radius 3 is 2.49 bits per heavy atom. The Labute approximate surface area is 370 Å². The molecule has 4 N–H and O–H groups in total. The minimum Gasteiger partial charge on any atom is -0.494 e. The average Bonchev–Trinajstić information content (AvgIpc) is 3.52. The number of carboxylic acid groups (broad SMARTS) is 2. The number of rotatable bonds is 17. The number of nitrogens with one attached hydrogen (secondary N) is 2.